The third-order valence-corrected chi connectivity index (χ3v) is 3.94. The van der Waals surface area contributed by atoms with Crippen molar-refractivity contribution in [3.63, 3.8) is 0 Å². The zero-order chi connectivity index (χ0) is 16.8. The summed E-state index contributed by atoms with van der Waals surface area (Å²) in [5.41, 5.74) is 3.37. The molecule has 2 aliphatic rings. The van der Waals surface area contributed by atoms with Crippen LogP contribution in [0.15, 0.2) is 24.5 Å². The van der Waals surface area contributed by atoms with Gasteiger partial charge < -0.3 is 14.6 Å². The topological polar surface area (TPSA) is 81.5 Å². The maximum Gasteiger partial charge on any atom is 0.168 e. The maximum atomic E-state index is 10.4. The van der Waals surface area contributed by atoms with Crippen molar-refractivity contribution in [1.82, 2.24) is 9.97 Å². The van der Waals surface area contributed by atoms with E-state index in [1.165, 1.54) is 0 Å². The molecule has 24 heavy (non-hydrogen) atoms. The van der Waals surface area contributed by atoms with Crippen LogP contribution in [0.25, 0.3) is 0 Å². The molecule has 0 fully saturated rings. The Morgan fingerprint density at radius 2 is 1.62 bits per heavy atom. The summed E-state index contributed by atoms with van der Waals surface area (Å²) in [6.07, 6.45) is 8.38. The van der Waals surface area contributed by atoms with Crippen LogP contribution in [0.2, 0.25) is 0 Å². The van der Waals surface area contributed by atoms with Crippen LogP contribution >= 0.6 is 0 Å². The first-order chi connectivity index (χ1) is 11.8. The summed E-state index contributed by atoms with van der Waals surface area (Å²) in [7, 11) is 0. The molecule has 0 bridgehead atoms. The van der Waals surface area contributed by atoms with Gasteiger partial charge in [0, 0.05) is 35.7 Å². The predicted octanol–water partition coefficient (Wildman–Crippen LogP) is 2.12. The van der Waals surface area contributed by atoms with Gasteiger partial charge in [0.05, 0.1) is 25.5 Å². The van der Waals surface area contributed by atoms with Crippen molar-refractivity contribution in [3.05, 3.63) is 47.0 Å². The SMILES string of the molecule is O=Cc1cc2c(cn1)CCCO2.OCc1cc2c(cn1)CCCO2. The van der Waals surface area contributed by atoms with Gasteiger partial charge in [-0.15, -0.1) is 0 Å². The van der Waals surface area contributed by atoms with Crippen LogP contribution in [0.3, 0.4) is 0 Å². The van der Waals surface area contributed by atoms with Crippen molar-refractivity contribution in [2.24, 2.45) is 0 Å². The molecule has 126 valence electrons. The third kappa shape index (κ3) is 3.89. The smallest absolute Gasteiger partial charge is 0.168 e. The molecule has 2 aliphatic heterocycles. The molecular formula is C18H20N2O4. The average molecular weight is 328 g/mol. The lowest BCUT2D eigenvalue weighted by Crippen LogP contribution is -2.09. The largest absolute Gasteiger partial charge is 0.493 e. The molecule has 0 unspecified atom stereocenters. The van der Waals surface area contributed by atoms with Crippen molar-refractivity contribution in [2.75, 3.05) is 13.2 Å². The van der Waals surface area contributed by atoms with E-state index in [1.807, 2.05) is 6.07 Å². The first kappa shape index (κ1) is 16.4. The van der Waals surface area contributed by atoms with Crippen LogP contribution in [0.4, 0.5) is 0 Å². The summed E-state index contributed by atoms with van der Waals surface area (Å²) in [4.78, 5) is 18.4. The minimum absolute atomic E-state index is 0.0172. The highest BCUT2D eigenvalue weighted by atomic mass is 16.5. The monoisotopic (exact) mass is 328 g/mol. The van der Waals surface area contributed by atoms with E-state index in [0.29, 0.717) is 11.4 Å². The second kappa shape index (κ2) is 7.88. The van der Waals surface area contributed by atoms with Gasteiger partial charge in [-0.05, 0) is 25.7 Å². The van der Waals surface area contributed by atoms with Crippen LogP contribution < -0.4 is 9.47 Å². The molecule has 1 N–H and O–H groups in total. The van der Waals surface area contributed by atoms with Gasteiger partial charge in [-0.2, -0.15) is 0 Å². The highest BCUT2D eigenvalue weighted by molar-refractivity contribution is 5.72. The number of ether oxygens (including phenoxy) is 2. The lowest BCUT2D eigenvalue weighted by atomic mass is 10.1. The van der Waals surface area contributed by atoms with Crippen molar-refractivity contribution in [3.8, 4) is 11.5 Å². The zero-order valence-corrected chi connectivity index (χ0v) is 13.4. The summed E-state index contributed by atoms with van der Waals surface area (Å²) in [5, 5.41) is 8.82. The summed E-state index contributed by atoms with van der Waals surface area (Å²) >= 11 is 0. The van der Waals surface area contributed by atoms with Gasteiger partial charge in [-0.3, -0.25) is 14.8 Å². The number of hydrogen-bond acceptors (Lipinski definition) is 6. The van der Waals surface area contributed by atoms with Gasteiger partial charge in [0.25, 0.3) is 0 Å². The Labute approximate surface area is 140 Å². The van der Waals surface area contributed by atoms with E-state index in [2.05, 4.69) is 9.97 Å². The number of aliphatic hydroxyl groups is 1. The number of aromatic nitrogens is 2. The van der Waals surface area contributed by atoms with Crippen LogP contribution in [-0.4, -0.2) is 34.6 Å². The molecular weight excluding hydrogens is 308 g/mol. The van der Waals surface area contributed by atoms with Gasteiger partial charge in [0.2, 0.25) is 0 Å². The highest BCUT2D eigenvalue weighted by Gasteiger charge is 2.11. The fraction of sp³-hybridized carbons (Fsp3) is 0.389. The minimum Gasteiger partial charge on any atom is -0.493 e. The van der Waals surface area contributed by atoms with Crippen molar-refractivity contribution in [1.29, 1.82) is 0 Å². The predicted molar refractivity (Wildman–Crippen MR) is 87.4 cm³/mol. The van der Waals surface area contributed by atoms with E-state index >= 15 is 0 Å². The van der Waals surface area contributed by atoms with Gasteiger partial charge in [-0.1, -0.05) is 0 Å². The molecule has 4 rings (SSSR count). The fourth-order valence-corrected chi connectivity index (χ4v) is 2.67. The first-order valence-corrected chi connectivity index (χ1v) is 8.08. The minimum atomic E-state index is -0.0172. The zero-order valence-electron chi connectivity index (χ0n) is 13.4. The molecule has 0 aromatic carbocycles. The van der Waals surface area contributed by atoms with Gasteiger partial charge >= 0.3 is 0 Å². The lowest BCUT2D eigenvalue weighted by molar-refractivity contribution is 0.111. The summed E-state index contributed by atoms with van der Waals surface area (Å²) < 4.78 is 10.8. The summed E-state index contributed by atoms with van der Waals surface area (Å²) in [5.74, 6) is 1.71. The van der Waals surface area contributed by atoms with Gasteiger partial charge in [0.1, 0.15) is 17.2 Å². The number of hydrogen-bond donors (Lipinski definition) is 1. The number of aldehydes is 1. The van der Waals surface area contributed by atoms with Gasteiger partial charge in [0.15, 0.2) is 6.29 Å². The average Bonchev–Trinajstić information content (AvgIpc) is 2.67. The standard InChI is InChI=1S/C9H11NO2.C9H9NO2/c2*11-6-8-4-9-7(5-10-8)2-1-3-12-9/h4-5,11H,1-3,6H2;4-6H,1-3H2. The number of pyridine rings is 2. The Kier molecular flexibility index (Phi) is 5.38. The second-order valence-corrected chi connectivity index (χ2v) is 5.68. The molecule has 0 aliphatic carbocycles. The number of carbonyl (C=O) groups is 1. The highest BCUT2D eigenvalue weighted by Crippen LogP contribution is 2.24. The number of carbonyl (C=O) groups excluding carboxylic acids is 1. The summed E-state index contributed by atoms with van der Waals surface area (Å²) in [6.45, 7) is 1.51. The van der Waals surface area contributed by atoms with Crippen LogP contribution in [0.1, 0.15) is 40.2 Å². The van der Waals surface area contributed by atoms with Crippen molar-refractivity contribution >= 4 is 6.29 Å². The first-order valence-electron chi connectivity index (χ1n) is 8.08. The molecule has 0 saturated heterocycles. The maximum absolute atomic E-state index is 10.4. The van der Waals surface area contributed by atoms with Crippen LogP contribution in [0, 0.1) is 0 Å². The molecule has 0 amide bonds. The second-order valence-electron chi connectivity index (χ2n) is 5.68. The number of aliphatic hydroxyl groups excluding tert-OH is 1. The van der Waals surface area contributed by atoms with E-state index in [9.17, 15) is 4.79 Å². The molecule has 6 nitrogen and oxygen atoms in total. The van der Waals surface area contributed by atoms with Crippen molar-refractivity contribution in [2.45, 2.75) is 32.3 Å². The van der Waals surface area contributed by atoms with E-state index in [-0.39, 0.29) is 6.61 Å². The van der Waals surface area contributed by atoms with E-state index < -0.39 is 0 Å². The molecule has 4 heterocycles. The van der Waals surface area contributed by atoms with Gasteiger partial charge in [-0.25, -0.2) is 0 Å². The number of aryl methyl sites for hydroxylation is 2. The molecule has 2 aromatic rings. The van der Waals surface area contributed by atoms with E-state index in [1.54, 1.807) is 18.5 Å². The number of fused-ring (bicyclic) bond motifs is 2. The quantitative estimate of drug-likeness (QED) is 0.851. The Bertz CT molecular complexity index is 718. The molecule has 0 radical (unpaired) electrons. The Morgan fingerprint density at radius 1 is 1.00 bits per heavy atom. The third-order valence-electron chi connectivity index (χ3n) is 3.94. The Hall–Kier alpha value is -2.47. The molecule has 6 heteroatoms. The lowest BCUT2D eigenvalue weighted by Gasteiger charge is -2.16. The molecule has 0 atom stereocenters. The summed E-state index contributed by atoms with van der Waals surface area (Å²) in [6, 6.07) is 3.51. The Morgan fingerprint density at radius 3 is 2.25 bits per heavy atom. The van der Waals surface area contributed by atoms with Crippen LogP contribution in [-0.2, 0) is 19.4 Å². The number of nitrogens with zero attached hydrogens (tertiary/aromatic N) is 2. The number of rotatable bonds is 2. The van der Waals surface area contributed by atoms with Crippen molar-refractivity contribution < 1.29 is 19.4 Å². The normalized spacial score (nSPS) is 14.9. The molecule has 2 aromatic heterocycles. The molecule has 0 saturated carbocycles. The molecule has 0 spiro atoms. The van der Waals surface area contributed by atoms with E-state index in [4.69, 9.17) is 14.6 Å². The Balaban J connectivity index is 0.000000141. The van der Waals surface area contributed by atoms with Crippen LogP contribution in [0.5, 0.6) is 11.5 Å². The fourth-order valence-electron chi connectivity index (χ4n) is 2.67. The van der Waals surface area contributed by atoms with E-state index in [0.717, 1.165) is 67.8 Å².